The molecule has 0 bridgehead atoms. The number of nitrogens with zero attached hydrogens (tertiary/aromatic N) is 2. The van der Waals surface area contributed by atoms with Crippen molar-refractivity contribution in [2.75, 3.05) is 24.7 Å². The fourth-order valence-corrected chi connectivity index (χ4v) is 2.96. The number of benzene rings is 2. The van der Waals surface area contributed by atoms with Crippen LogP contribution in [0.4, 0.5) is 15.8 Å². The number of nitrogens with two attached hydrogens (primary N) is 1. The van der Waals surface area contributed by atoms with E-state index in [2.05, 4.69) is 21.0 Å². The SMILES string of the molecule is CNc1cc(CCCc2ccc(C(N)=NN=N)c(NC)c2)c(F)cc1C(=O)O. The van der Waals surface area contributed by atoms with Crippen LogP contribution in [0.1, 0.15) is 33.5 Å². The molecule has 0 aliphatic carbocycles. The molecule has 9 heteroatoms. The van der Waals surface area contributed by atoms with Crippen LogP contribution in [-0.2, 0) is 12.8 Å². The van der Waals surface area contributed by atoms with Gasteiger partial charge in [-0.25, -0.2) is 9.18 Å². The first-order valence-corrected chi connectivity index (χ1v) is 8.65. The zero-order valence-corrected chi connectivity index (χ0v) is 15.7. The second-order valence-electron chi connectivity index (χ2n) is 6.11. The van der Waals surface area contributed by atoms with Crippen molar-refractivity contribution in [1.82, 2.24) is 0 Å². The summed E-state index contributed by atoms with van der Waals surface area (Å²) in [7, 11) is 3.36. The fourth-order valence-electron chi connectivity index (χ4n) is 2.96. The summed E-state index contributed by atoms with van der Waals surface area (Å²) in [6.07, 6.45) is 1.85. The lowest BCUT2D eigenvalue weighted by atomic mass is 9.99. The van der Waals surface area contributed by atoms with E-state index in [0.29, 0.717) is 36.1 Å². The molecule has 8 nitrogen and oxygen atoms in total. The Morgan fingerprint density at radius 2 is 1.82 bits per heavy atom. The van der Waals surface area contributed by atoms with Crippen molar-refractivity contribution in [3.05, 3.63) is 58.4 Å². The maximum absolute atomic E-state index is 14.2. The summed E-state index contributed by atoms with van der Waals surface area (Å²) in [4.78, 5) is 11.2. The monoisotopic (exact) mass is 386 g/mol. The minimum absolute atomic E-state index is 0.0864. The van der Waals surface area contributed by atoms with Gasteiger partial charge in [-0.3, -0.25) is 0 Å². The Hall–Kier alpha value is -3.49. The second-order valence-corrected chi connectivity index (χ2v) is 6.11. The van der Waals surface area contributed by atoms with Gasteiger partial charge in [-0.15, -0.1) is 5.10 Å². The van der Waals surface area contributed by atoms with Crippen LogP contribution >= 0.6 is 0 Å². The molecule has 0 aliphatic rings. The van der Waals surface area contributed by atoms with Gasteiger partial charge in [0.25, 0.3) is 0 Å². The normalized spacial score (nSPS) is 11.2. The van der Waals surface area contributed by atoms with Gasteiger partial charge in [-0.1, -0.05) is 11.3 Å². The summed E-state index contributed by atoms with van der Waals surface area (Å²) in [5.74, 6) is -1.55. The molecule has 0 heterocycles. The maximum Gasteiger partial charge on any atom is 0.337 e. The zero-order valence-electron chi connectivity index (χ0n) is 15.7. The molecular formula is C19H23FN6O2. The van der Waals surface area contributed by atoms with E-state index < -0.39 is 11.8 Å². The van der Waals surface area contributed by atoms with Crippen LogP contribution in [0.25, 0.3) is 0 Å². The van der Waals surface area contributed by atoms with Crippen molar-refractivity contribution >= 4 is 23.2 Å². The van der Waals surface area contributed by atoms with Crippen molar-refractivity contribution in [3.63, 3.8) is 0 Å². The quantitative estimate of drug-likeness (QED) is 0.195. The van der Waals surface area contributed by atoms with E-state index in [1.807, 2.05) is 12.1 Å². The van der Waals surface area contributed by atoms with Gasteiger partial charge in [0.2, 0.25) is 0 Å². The first-order valence-electron chi connectivity index (χ1n) is 8.65. The number of carboxylic acid groups (broad SMARTS) is 1. The van der Waals surface area contributed by atoms with Gasteiger partial charge in [-0.2, -0.15) is 5.53 Å². The molecule has 0 amide bonds. The molecule has 6 N–H and O–H groups in total. The van der Waals surface area contributed by atoms with Crippen LogP contribution < -0.4 is 16.4 Å². The minimum atomic E-state index is -1.17. The molecule has 148 valence electrons. The summed E-state index contributed by atoms with van der Waals surface area (Å²) in [6, 6.07) is 8.21. The lowest BCUT2D eigenvalue weighted by Gasteiger charge is -2.12. The second kappa shape index (κ2) is 9.45. The Kier molecular flexibility index (Phi) is 7.02. The van der Waals surface area contributed by atoms with Gasteiger partial charge in [-0.05, 0) is 54.7 Å². The number of hydrogen-bond acceptors (Lipinski definition) is 5. The number of halogens is 1. The molecule has 0 atom stereocenters. The van der Waals surface area contributed by atoms with Crippen molar-refractivity contribution in [1.29, 1.82) is 5.53 Å². The van der Waals surface area contributed by atoms with Gasteiger partial charge in [0, 0.05) is 31.0 Å². The molecule has 0 aromatic heterocycles. The average Bonchev–Trinajstić information content (AvgIpc) is 2.68. The van der Waals surface area contributed by atoms with Gasteiger partial charge in [0.05, 0.1) is 5.56 Å². The summed E-state index contributed by atoms with van der Waals surface area (Å²) >= 11 is 0. The number of anilines is 2. The standard InChI is InChI=1S/C19H23FN6O2/c1-23-16-8-11(6-7-13(16)18(21)25-26-22)4-3-5-12-9-17(24-2)14(19(27)28)10-15(12)20/h6-10,23-24H,3-5H2,1-2H3,(H,27,28)(H3,21,22,25). The van der Waals surface area contributed by atoms with Gasteiger partial charge < -0.3 is 21.5 Å². The number of rotatable bonds is 9. The van der Waals surface area contributed by atoms with E-state index in [0.717, 1.165) is 17.3 Å². The number of carboxylic acids is 1. The number of aryl methyl sites for hydroxylation is 2. The topological polar surface area (TPSA) is 136 Å². The molecular weight excluding hydrogens is 363 g/mol. The summed E-state index contributed by atoms with van der Waals surface area (Å²) in [6.45, 7) is 0. The van der Waals surface area contributed by atoms with E-state index >= 15 is 0 Å². The van der Waals surface area contributed by atoms with E-state index in [1.54, 1.807) is 26.2 Å². The van der Waals surface area contributed by atoms with Crippen molar-refractivity contribution in [2.45, 2.75) is 19.3 Å². The van der Waals surface area contributed by atoms with Gasteiger partial charge in [0.15, 0.2) is 5.84 Å². The molecule has 28 heavy (non-hydrogen) atoms. The predicted octanol–water partition coefficient (Wildman–Crippen LogP) is 3.43. The van der Waals surface area contributed by atoms with Crippen LogP contribution in [0.5, 0.6) is 0 Å². The molecule has 0 saturated carbocycles. The Morgan fingerprint density at radius 3 is 2.43 bits per heavy atom. The van der Waals surface area contributed by atoms with Crippen LogP contribution in [0.3, 0.4) is 0 Å². The van der Waals surface area contributed by atoms with Crippen molar-refractivity contribution in [2.24, 2.45) is 16.1 Å². The van der Waals surface area contributed by atoms with Crippen LogP contribution in [0.15, 0.2) is 40.7 Å². The molecule has 0 aliphatic heterocycles. The van der Waals surface area contributed by atoms with Gasteiger partial charge >= 0.3 is 5.97 Å². The molecule has 2 rings (SSSR count). The largest absolute Gasteiger partial charge is 0.478 e. The third kappa shape index (κ3) is 4.81. The first-order chi connectivity index (χ1) is 13.4. The van der Waals surface area contributed by atoms with Crippen LogP contribution in [-0.4, -0.2) is 31.0 Å². The third-order valence-corrected chi connectivity index (χ3v) is 4.38. The first kappa shape index (κ1) is 20.8. The highest BCUT2D eigenvalue weighted by Gasteiger charge is 2.14. The predicted molar refractivity (Wildman–Crippen MR) is 107 cm³/mol. The number of aromatic carboxylic acids is 1. The van der Waals surface area contributed by atoms with Crippen molar-refractivity contribution in [3.8, 4) is 0 Å². The molecule has 2 aromatic carbocycles. The molecule has 0 spiro atoms. The summed E-state index contributed by atoms with van der Waals surface area (Å²) < 4.78 is 14.2. The number of amidine groups is 1. The Labute approximate surface area is 162 Å². The van der Waals surface area contributed by atoms with Gasteiger partial charge in [0.1, 0.15) is 5.82 Å². The number of hydrogen-bond donors (Lipinski definition) is 5. The van der Waals surface area contributed by atoms with E-state index in [9.17, 15) is 9.18 Å². The number of nitrogens with one attached hydrogen (secondary N) is 3. The summed E-state index contributed by atoms with van der Waals surface area (Å²) in [5.41, 5.74) is 15.8. The third-order valence-electron chi connectivity index (χ3n) is 4.38. The molecule has 0 saturated heterocycles. The lowest BCUT2D eigenvalue weighted by molar-refractivity contribution is 0.0697. The van der Waals surface area contributed by atoms with E-state index in [4.69, 9.17) is 16.4 Å². The minimum Gasteiger partial charge on any atom is -0.478 e. The average molecular weight is 386 g/mol. The van der Waals surface area contributed by atoms with E-state index in [1.165, 1.54) is 0 Å². The summed E-state index contributed by atoms with van der Waals surface area (Å²) in [5, 5.41) is 21.4. The molecule has 0 radical (unpaired) electrons. The van der Waals surface area contributed by atoms with Crippen LogP contribution in [0.2, 0.25) is 0 Å². The lowest BCUT2D eigenvalue weighted by Crippen LogP contribution is -2.15. The molecule has 2 aromatic rings. The molecule has 0 fully saturated rings. The molecule has 0 unspecified atom stereocenters. The zero-order chi connectivity index (χ0) is 20.7. The highest BCUT2D eigenvalue weighted by Crippen LogP contribution is 2.23. The Balaban J connectivity index is 2.12. The van der Waals surface area contributed by atoms with Crippen LogP contribution in [0, 0.1) is 11.3 Å². The van der Waals surface area contributed by atoms with Crippen molar-refractivity contribution < 1.29 is 14.3 Å². The highest BCUT2D eigenvalue weighted by molar-refractivity contribution is 6.02. The fraction of sp³-hybridized carbons (Fsp3) is 0.263. The number of carbonyl (C=O) groups is 1. The smallest absolute Gasteiger partial charge is 0.337 e. The Morgan fingerprint density at radius 1 is 1.14 bits per heavy atom. The highest BCUT2D eigenvalue weighted by atomic mass is 19.1. The van der Waals surface area contributed by atoms with E-state index in [-0.39, 0.29) is 11.4 Å². The maximum atomic E-state index is 14.2. The Bertz CT molecular complexity index is 914.